The van der Waals surface area contributed by atoms with Gasteiger partial charge in [0.2, 0.25) is 0 Å². The van der Waals surface area contributed by atoms with Crippen LogP contribution in [0.25, 0.3) is 5.57 Å². The summed E-state index contributed by atoms with van der Waals surface area (Å²) in [6, 6.07) is 8.22. The highest BCUT2D eigenvalue weighted by atomic mass is 79.9. The van der Waals surface area contributed by atoms with Crippen molar-refractivity contribution in [3.8, 4) is 0 Å². The molecule has 0 unspecified atom stereocenters. The molecule has 1 aliphatic heterocycles. The van der Waals surface area contributed by atoms with Crippen LogP contribution in [0.1, 0.15) is 33.3 Å². The molecular weight excluding hydrogens is 342 g/mol. The average Bonchev–Trinajstić information content (AvgIpc) is 2.29. The molecule has 0 fully saturated rings. The maximum absolute atomic E-state index is 4.17. The maximum Gasteiger partial charge on any atom is 0.128 e. The van der Waals surface area contributed by atoms with Gasteiger partial charge >= 0.3 is 0 Å². The largest absolute Gasteiger partial charge is 0.377 e. The second kappa shape index (κ2) is 5.15. The first-order valence-electron chi connectivity index (χ1n) is 5.81. The first kappa shape index (κ1) is 14.8. The Bertz CT molecular complexity index is 422. The van der Waals surface area contributed by atoms with Crippen LogP contribution < -0.4 is 5.32 Å². The second-order valence-electron chi connectivity index (χ2n) is 4.35. The Morgan fingerprint density at radius 3 is 2.24 bits per heavy atom. The summed E-state index contributed by atoms with van der Waals surface area (Å²) in [5, 5.41) is 3.50. The summed E-state index contributed by atoms with van der Waals surface area (Å²) in [5.74, 6) is 0. The fourth-order valence-electron chi connectivity index (χ4n) is 1.82. The van der Waals surface area contributed by atoms with Crippen LogP contribution in [-0.4, -0.2) is 8.77 Å². The molecule has 0 aliphatic carbocycles. The first-order chi connectivity index (χ1) is 7.86. The van der Waals surface area contributed by atoms with E-state index in [1.54, 1.807) is 0 Å². The van der Waals surface area contributed by atoms with Crippen molar-refractivity contribution in [2.24, 2.45) is 0 Å². The van der Waals surface area contributed by atoms with Crippen LogP contribution >= 0.6 is 31.9 Å². The lowest BCUT2D eigenvalue weighted by atomic mass is 9.86. The second-order valence-corrected chi connectivity index (χ2v) is 7.79. The summed E-state index contributed by atoms with van der Waals surface area (Å²) in [7, 11) is 0. The van der Waals surface area contributed by atoms with E-state index in [9.17, 15) is 0 Å². The molecule has 0 bridgehead atoms. The molecule has 1 aromatic carbocycles. The van der Waals surface area contributed by atoms with Crippen LogP contribution in [0.5, 0.6) is 0 Å². The highest BCUT2D eigenvalue weighted by Crippen LogP contribution is 2.53. The van der Waals surface area contributed by atoms with Crippen molar-refractivity contribution < 1.29 is 0 Å². The number of benzene rings is 1. The van der Waals surface area contributed by atoms with E-state index in [0.717, 1.165) is 16.8 Å². The molecule has 0 amide bonds. The highest BCUT2D eigenvalue weighted by Gasteiger charge is 2.47. The van der Waals surface area contributed by atoms with Crippen LogP contribution in [0.2, 0.25) is 0 Å². The van der Waals surface area contributed by atoms with Crippen LogP contribution in [0.15, 0.2) is 30.8 Å². The van der Waals surface area contributed by atoms with Crippen molar-refractivity contribution in [3.05, 3.63) is 36.4 Å². The van der Waals surface area contributed by atoms with E-state index in [0.29, 0.717) is 0 Å². The van der Waals surface area contributed by atoms with Gasteiger partial charge in [-0.2, -0.15) is 0 Å². The van der Waals surface area contributed by atoms with Crippen LogP contribution in [0.4, 0.5) is 5.69 Å². The van der Waals surface area contributed by atoms with Crippen molar-refractivity contribution >= 4 is 43.1 Å². The van der Waals surface area contributed by atoms with Gasteiger partial charge in [-0.05, 0) is 25.5 Å². The zero-order valence-electron chi connectivity index (χ0n) is 10.8. The first-order valence-corrected chi connectivity index (χ1v) is 7.39. The van der Waals surface area contributed by atoms with Crippen LogP contribution in [0, 0.1) is 0 Å². The lowest BCUT2D eigenvalue weighted by Crippen LogP contribution is -2.50. The van der Waals surface area contributed by atoms with E-state index in [1.807, 2.05) is 26.0 Å². The van der Waals surface area contributed by atoms with Gasteiger partial charge in [0.05, 0.1) is 5.54 Å². The van der Waals surface area contributed by atoms with Gasteiger partial charge in [0.1, 0.15) is 3.23 Å². The molecule has 17 heavy (non-hydrogen) atoms. The lowest BCUT2D eigenvalue weighted by Gasteiger charge is -2.45. The van der Waals surface area contributed by atoms with Crippen molar-refractivity contribution in [1.29, 1.82) is 0 Å². The molecule has 1 aromatic rings. The molecule has 0 radical (unpaired) electrons. The molecule has 0 aromatic heterocycles. The molecule has 3 heteroatoms. The van der Waals surface area contributed by atoms with Crippen molar-refractivity contribution in [1.82, 2.24) is 0 Å². The number of fused-ring (bicyclic) bond motifs is 1. The summed E-state index contributed by atoms with van der Waals surface area (Å²) in [6.45, 7) is 12.4. The normalized spacial score (nSPS) is 19.5. The van der Waals surface area contributed by atoms with Gasteiger partial charge in [0, 0.05) is 11.3 Å². The molecule has 1 N–H and O–H groups in total. The van der Waals surface area contributed by atoms with E-state index < -0.39 is 0 Å². The number of rotatable bonds is 0. The van der Waals surface area contributed by atoms with Gasteiger partial charge in [0.15, 0.2) is 0 Å². The van der Waals surface area contributed by atoms with Gasteiger partial charge in [-0.3, -0.25) is 0 Å². The number of anilines is 1. The third-order valence-electron chi connectivity index (χ3n) is 2.86. The van der Waals surface area contributed by atoms with Gasteiger partial charge in [-0.15, -0.1) is 0 Å². The van der Waals surface area contributed by atoms with E-state index >= 15 is 0 Å². The van der Waals surface area contributed by atoms with Gasteiger partial charge in [-0.1, -0.05) is 70.5 Å². The standard InChI is InChI=1S/C12H13Br2N.C2H6/c1-8-9-6-4-5-7-10(9)15-11(2,3)12(8,13)14;1-2/h4-7,15H,1H2,2-3H3;1-2H3. The molecular formula is C14H19Br2N. The Balaban J connectivity index is 0.000000686. The minimum atomic E-state index is -0.304. The Kier molecular flexibility index (Phi) is 4.48. The predicted octanol–water partition coefficient (Wildman–Crippen LogP) is 5.42. The number of hydrogen-bond acceptors (Lipinski definition) is 1. The third kappa shape index (κ3) is 2.45. The van der Waals surface area contributed by atoms with Gasteiger partial charge < -0.3 is 5.32 Å². The van der Waals surface area contributed by atoms with Gasteiger partial charge in [-0.25, -0.2) is 0 Å². The fourth-order valence-corrected chi connectivity index (χ4v) is 2.44. The Morgan fingerprint density at radius 2 is 1.65 bits per heavy atom. The number of halogens is 2. The number of nitrogens with one attached hydrogen (secondary N) is 1. The van der Waals surface area contributed by atoms with Crippen LogP contribution in [0.3, 0.4) is 0 Å². The summed E-state index contributed by atoms with van der Waals surface area (Å²) in [5.41, 5.74) is 3.23. The molecule has 1 aliphatic rings. The Hall–Kier alpha value is -0.280. The number of para-hydroxylation sites is 1. The van der Waals surface area contributed by atoms with E-state index in [4.69, 9.17) is 0 Å². The molecule has 1 nitrogen and oxygen atoms in total. The fraction of sp³-hybridized carbons (Fsp3) is 0.429. The minimum absolute atomic E-state index is 0.127. The van der Waals surface area contributed by atoms with E-state index in [2.05, 4.69) is 69.7 Å². The maximum atomic E-state index is 4.17. The topological polar surface area (TPSA) is 12.0 Å². The predicted molar refractivity (Wildman–Crippen MR) is 85.1 cm³/mol. The van der Waals surface area contributed by atoms with Crippen LogP contribution in [-0.2, 0) is 0 Å². The summed E-state index contributed by atoms with van der Waals surface area (Å²) < 4.78 is -0.304. The van der Waals surface area contributed by atoms with Crippen molar-refractivity contribution in [2.45, 2.75) is 36.5 Å². The minimum Gasteiger partial charge on any atom is -0.377 e. The highest BCUT2D eigenvalue weighted by molar-refractivity contribution is 9.25. The molecule has 0 spiro atoms. The summed E-state index contributed by atoms with van der Waals surface area (Å²) in [4.78, 5) is 0. The van der Waals surface area contributed by atoms with E-state index in [-0.39, 0.29) is 8.77 Å². The Morgan fingerprint density at radius 1 is 1.12 bits per heavy atom. The summed E-state index contributed by atoms with van der Waals surface area (Å²) in [6.07, 6.45) is 0. The molecule has 2 rings (SSSR count). The molecule has 0 saturated heterocycles. The monoisotopic (exact) mass is 359 g/mol. The quantitative estimate of drug-likeness (QED) is 0.609. The molecule has 1 heterocycles. The van der Waals surface area contributed by atoms with E-state index in [1.165, 1.54) is 0 Å². The zero-order valence-corrected chi connectivity index (χ0v) is 13.9. The summed E-state index contributed by atoms with van der Waals surface area (Å²) >= 11 is 7.41. The SMILES string of the molecule is C=C1c2ccccc2NC(C)(C)C1(Br)Br.CC. The number of hydrogen-bond donors (Lipinski definition) is 1. The number of alkyl halides is 2. The van der Waals surface area contributed by atoms with Crippen molar-refractivity contribution in [2.75, 3.05) is 5.32 Å². The smallest absolute Gasteiger partial charge is 0.128 e. The molecule has 0 atom stereocenters. The molecule has 0 saturated carbocycles. The van der Waals surface area contributed by atoms with Crippen molar-refractivity contribution in [3.63, 3.8) is 0 Å². The lowest BCUT2D eigenvalue weighted by molar-refractivity contribution is 0.574. The average molecular weight is 361 g/mol. The Labute approximate surface area is 121 Å². The molecule has 94 valence electrons. The third-order valence-corrected chi connectivity index (χ3v) is 5.80. The zero-order chi connectivity index (χ0) is 13.3. The van der Waals surface area contributed by atoms with Gasteiger partial charge in [0.25, 0.3) is 0 Å².